The first-order chi connectivity index (χ1) is 11.1. The summed E-state index contributed by atoms with van der Waals surface area (Å²) in [4.78, 5) is 0. The van der Waals surface area contributed by atoms with E-state index in [1.807, 2.05) is 0 Å². The Morgan fingerprint density at radius 2 is 1.29 bits per heavy atom. The fourth-order valence-electron chi connectivity index (χ4n) is 6.24. The van der Waals surface area contributed by atoms with Crippen LogP contribution in [0.25, 0.3) is 0 Å². The van der Waals surface area contributed by atoms with E-state index in [1.165, 1.54) is 57.8 Å². The Hall–Kier alpha value is 0. The lowest BCUT2D eigenvalue weighted by Crippen LogP contribution is -2.32. The molecule has 140 valence electrons. The van der Waals surface area contributed by atoms with Crippen LogP contribution in [-0.4, -0.2) is 0 Å². The molecule has 0 nitrogen and oxygen atoms in total. The highest BCUT2D eigenvalue weighted by atomic mass is 14.6. The van der Waals surface area contributed by atoms with Crippen molar-refractivity contribution in [1.29, 1.82) is 0 Å². The first kappa shape index (κ1) is 18.8. The van der Waals surface area contributed by atoms with Gasteiger partial charge in [-0.2, -0.15) is 0 Å². The van der Waals surface area contributed by atoms with Gasteiger partial charge >= 0.3 is 0 Å². The molecule has 0 heteroatoms. The van der Waals surface area contributed by atoms with Crippen molar-refractivity contribution >= 4 is 0 Å². The van der Waals surface area contributed by atoms with Gasteiger partial charge in [-0.15, -0.1) is 0 Å². The Morgan fingerprint density at radius 1 is 0.625 bits per heavy atom. The van der Waals surface area contributed by atoms with Gasteiger partial charge in [0.2, 0.25) is 0 Å². The van der Waals surface area contributed by atoms with E-state index in [9.17, 15) is 0 Å². The van der Waals surface area contributed by atoms with Gasteiger partial charge in [0.05, 0.1) is 0 Å². The third kappa shape index (κ3) is 4.21. The molecule has 0 N–H and O–H groups in total. The van der Waals surface area contributed by atoms with E-state index in [4.69, 9.17) is 0 Å². The van der Waals surface area contributed by atoms with Crippen molar-refractivity contribution in [2.45, 2.75) is 119 Å². The summed E-state index contributed by atoms with van der Waals surface area (Å²) in [6, 6.07) is 0. The SMILES string of the molecule is CC(C)(C)C1CCCC2(CC2)C1.CC(C)(C)C1CCCCC12CC2. The summed E-state index contributed by atoms with van der Waals surface area (Å²) in [7, 11) is 0. The Morgan fingerprint density at radius 3 is 1.75 bits per heavy atom. The van der Waals surface area contributed by atoms with E-state index in [1.54, 1.807) is 19.3 Å². The fourth-order valence-corrected chi connectivity index (χ4v) is 6.24. The minimum absolute atomic E-state index is 0.565. The standard InChI is InChI=1S/2C12H22/c1-11(2,3)10-5-4-6-12(9-10)7-8-12;1-11(2,3)10-6-4-5-7-12(10)8-9-12/h2*10H,4-9H2,1-3H3. The van der Waals surface area contributed by atoms with Crippen molar-refractivity contribution in [2.75, 3.05) is 0 Å². The monoisotopic (exact) mass is 332 g/mol. The molecule has 0 aromatic heterocycles. The van der Waals surface area contributed by atoms with Crippen molar-refractivity contribution in [3.8, 4) is 0 Å². The van der Waals surface area contributed by atoms with Crippen LogP contribution >= 0.6 is 0 Å². The van der Waals surface area contributed by atoms with Gasteiger partial charge < -0.3 is 0 Å². The maximum Gasteiger partial charge on any atom is -0.0264 e. The van der Waals surface area contributed by atoms with Gasteiger partial charge in [0.25, 0.3) is 0 Å². The molecular weight excluding hydrogens is 288 g/mol. The molecule has 4 saturated carbocycles. The lowest BCUT2D eigenvalue weighted by molar-refractivity contribution is 0.0901. The van der Waals surface area contributed by atoms with Gasteiger partial charge in [0.1, 0.15) is 0 Å². The van der Waals surface area contributed by atoms with Crippen molar-refractivity contribution in [3.05, 3.63) is 0 Å². The molecule has 0 saturated heterocycles. The fraction of sp³-hybridized carbons (Fsp3) is 1.00. The maximum absolute atomic E-state index is 2.43. The van der Waals surface area contributed by atoms with Crippen LogP contribution in [0.5, 0.6) is 0 Å². The molecule has 0 bridgehead atoms. The summed E-state index contributed by atoms with van der Waals surface area (Å²) < 4.78 is 0. The predicted octanol–water partition coefficient (Wildman–Crippen LogP) is 8.01. The number of hydrogen-bond donors (Lipinski definition) is 0. The third-order valence-electron chi connectivity index (χ3n) is 8.22. The molecule has 0 aliphatic heterocycles. The Labute approximate surface area is 152 Å². The zero-order valence-electron chi connectivity index (χ0n) is 17.6. The van der Waals surface area contributed by atoms with E-state index in [2.05, 4.69) is 41.5 Å². The van der Waals surface area contributed by atoms with Crippen molar-refractivity contribution in [2.24, 2.45) is 33.5 Å². The van der Waals surface area contributed by atoms with E-state index >= 15 is 0 Å². The minimum atomic E-state index is 0.565. The molecule has 0 radical (unpaired) electrons. The van der Waals surface area contributed by atoms with Gasteiger partial charge in [0, 0.05) is 0 Å². The molecular formula is C24H44. The van der Waals surface area contributed by atoms with Crippen LogP contribution in [0, 0.1) is 33.5 Å². The lowest BCUT2D eigenvalue weighted by atomic mass is 9.64. The average Bonchev–Trinajstić information content (AvgIpc) is 3.39. The molecule has 4 aliphatic carbocycles. The summed E-state index contributed by atoms with van der Waals surface area (Å²) in [5, 5.41) is 0. The number of rotatable bonds is 0. The second kappa shape index (κ2) is 6.31. The molecule has 4 rings (SSSR count). The van der Waals surface area contributed by atoms with Crippen LogP contribution in [0.3, 0.4) is 0 Å². The first-order valence-electron chi connectivity index (χ1n) is 11.1. The van der Waals surface area contributed by atoms with Crippen LogP contribution in [0.4, 0.5) is 0 Å². The summed E-state index contributed by atoms with van der Waals surface area (Å²) in [5.74, 6) is 2.03. The largest absolute Gasteiger partial charge is 0.0599 e. The molecule has 2 unspecified atom stereocenters. The molecule has 24 heavy (non-hydrogen) atoms. The van der Waals surface area contributed by atoms with Gasteiger partial charge in [-0.05, 0) is 91.3 Å². The highest BCUT2D eigenvalue weighted by Gasteiger charge is 2.53. The second-order valence-corrected chi connectivity index (χ2v) is 12.2. The first-order valence-corrected chi connectivity index (χ1v) is 11.1. The zero-order chi connectivity index (χ0) is 17.6. The molecule has 0 heterocycles. The number of hydrogen-bond acceptors (Lipinski definition) is 0. The highest BCUT2D eigenvalue weighted by Crippen LogP contribution is 2.64. The Kier molecular flexibility index (Phi) is 4.94. The third-order valence-corrected chi connectivity index (χ3v) is 8.22. The van der Waals surface area contributed by atoms with Crippen LogP contribution in [0.1, 0.15) is 119 Å². The molecule has 0 aromatic carbocycles. The highest BCUT2D eigenvalue weighted by molar-refractivity contribution is 5.03. The van der Waals surface area contributed by atoms with E-state index in [0.29, 0.717) is 10.8 Å². The van der Waals surface area contributed by atoms with Crippen molar-refractivity contribution in [3.63, 3.8) is 0 Å². The summed E-state index contributed by atoms with van der Waals surface area (Å²) in [5.41, 5.74) is 2.82. The summed E-state index contributed by atoms with van der Waals surface area (Å²) >= 11 is 0. The van der Waals surface area contributed by atoms with Crippen LogP contribution in [-0.2, 0) is 0 Å². The second-order valence-electron chi connectivity index (χ2n) is 12.2. The molecule has 4 aliphatic rings. The van der Waals surface area contributed by atoms with E-state index in [0.717, 1.165) is 22.7 Å². The maximum atomic E-state index is 2.43. The lowest BCUT2D eigenvalue weighted by Gasteiger charge is -2.41. The van der Waals surface area contributed by atoms with E-state index < -0.39 is 0 Å². The van der Waals surface area contributed by atoms with Gasteiger partial charge in [-0.3, -0.25) is 0 Å². The Balaban J connectivity index is 0.000000141. The van der Waals surface area contributed by atoms with Crippen molar-refractivity contribution < 1.29 is 0 Å². The molecule has 2 spiro atoms. The summed E-state index contributed by atoms with van der Waals surface area (Å²) in [6.07, 6.45) is 18.3. The quantitative estimate of drug-likeness (QED) is 0.421. The van der Waals surface area contributed by atoms with Crippen LogP contribution in [0.15, 0.2) is 0 Å². The van der Waals surface area contributed by atoms with Crippen LogP contribution in [0.2, 0.25) is 0 Å². The molecule has 0 amide bonds. The molecule has 0 aromatic rings. The predicted molar refractivity (Wildman–Crippen MR) is 106 cm³/mol. The molecule has 2 atom stereocenters. The summed E-state index contributed by atoms with van der Waals surface area (Å²) in [6.45, 7) is 14.5. The van der Waals surface area contributed by atoms with Gasteiger partial charge in [-0.1, -0.05) is 60.8 Å². The van der Waals surface area contributed by atoms with Gasteiger partial charge in [-0.25, -0.2) is 0 Å². The normalized spacial score (nSPS) is 33.8. The van der Waals surface area contributed by atoms with Gasteiger partial charge in [0.15, 0.2) is 0 Å². The minimum Gasteiger partial charge on any atom is -0.0599 e. The van der Waals surface area contributed by atoms with Crippen LogP contribution < -0.4 is 0 Å². The smallest absolute Gasteiger partial charge is 0.0264 e. The average molecular weight is 333 g/mol. The topological polar surface area (TPSA) is 0 Å². The van der Waals surface area contributed by atoms with E-state index in [-0.39, 0.29) is 0 Å². The van der Waals surface area contributed by atoms with Crippen molar-refractivity contribution in [1.82, 2.24) is 0 Å². The zero-order valence-corrected chi connectivity index (χ0v) is 17.6. The Bertz CT molecular complexity index is 422. The molecule has 4 fully saturated rings.